The third kappa shape index (κ3) is 3.25. The summed E-state index contributed by atoms with van der Waals surface area (Å²) in [5.74, 6) is 0.737. The van der Waals surface area contributed by atoms with Gasteiger partial charge in [-0.05, 0) is 31.5 Å². The van der Waals surface area contributed by atoms with Gasteiger partial charge in [0.2, 0.25) is 10.0 Å². The fourth-order valence-electron chi connectivity index (χ4n) is 2.14. The zero-order chi connectivity index (χ0) is 15.6. The van der Waals surface area contributed by atoms with Crippen LogP contribution in [0.25, 0.3) is 0 Å². The number of hydrogen-bond acceptors (Lipinski definition) is 4. The minimum Gasteiger partial charge on any atom is -0.497 e. The van der Waals surface area contributed by atoms with Crippen LogP contribution in [0.5, 0.6) is 5.75 Å². The van der Waals surface area contributed by atoms with Crippen LogP contribution in [0.2, 0.25) is 0 Å². The van der Waals surface area contributed by atoms with Gasteiger partial charge in [0.25, 0.3) is 0 Å². The molecule has 0 saturated heterocycles. The molecule has 0 aliphatic carbocycles. The minimum absolute atomic E-state index is 0.222. The van der Waals surface area contributed by atoms with Crippen molar-refractivity contribution in [2.75, 3.05) is 7.11 Å². The molecule has 1 N–H and O–H groups in total. The van der Waals surface area contributed by atoms with Gasteiger partial charge in [-0.3, -0.25) is 4.68 Å². The summed E-state index contributed by atoms with van der Waals surface area (Å²) < 4.78 is 34.0. The first kappa shape index (κ1) is 15.5. The topological polar surface area (TPSA) is 73.2 Å². The third-order valence-corrected chi connectivity index (χ3v) is 4.99. The van der Waals surface area contributed by atoms with E-state index in [1.54, 1.807) is 44.8 Å². The van der Waals surface area contributed by atoms with E-state index in [2.05, 4.69) is 9.82 Å². The maximum Gasteiger partial charge on any atom is 0.244 e. The molecular formula is C14H19N3O3S. The first-order valence-corrected chi connectivity index (χ1v) is 7.96. The van der Waals surface area contributed by atoms with Crippen LogP contribution >= 0.6 is 0 Å². The molecule has 0 spiro atoms. The highest BCUT2D eigenvalue weighted by molar-refractivity contribution is 7.89. The summed E-state index contributed by atoms with van der Waals surface area (Å²) in [6.07, 6.45) is 0. The van der Waals surface area contributed by atoms with Crippen molar-refractivity contribution < 1.29 is 13.2 Å². The van der Waals surface area contributed by atoms with E-state index in [0.717, 1.165) is 11.3 Å². The van der Waals surface area contributed by atoms with Crippen LogP contribution in [-0.4, -0.2) is 25.3 Å². The van der Waals surface area contributed by atoms with Crippen LogP contribution < -0.4 is 9.46 Å². The zero-order valence-corrected chi connectivity index (χ0v) is 13.4. The van der Waals surface area contributed by atoms with Crippen molar-refractivity contribution in [3.63, 3.8) is 0 Å². The van der Waals surface area contributed by atoms with Gasteiger partial charge in [-0.25, -0.2) is 13.1 Å². The lowest BCUT2D eigenvalue weighted by molar-refractivity contribution is 0.414. The second kappa shape index (κ2) is 5.87. The molecule has 0 aliphatic rings. The van der Waals surface area contributed by atoms with E-state index >= 15 is 0 Å². The number of hydrogen-bond donors (Lipinski definition) is 1. The van der Waals surface area contributed by atoms with Crippen LogP contribution in [0, 0.1) is 13.8 Å². The normalized spacial score (nSPS) is 11.6. The lowest BCUT2D eigenvalue weighted by Gasteiger charge is -2.08. The molecule has 21 heavy (non-hydrogen) atoms. The standard InChI is InChI=1S/C14H19N3O3S/c1-10-14(11(2)17(3)16-10)21(18,19)15-9-12-5-7-13(20-4)8-6-12/h5-8,15H,9H2,1-4H3. The van der Waals surface area contributed by atoms with Crippen molar-refractivity contribution in [1.29, 1.82) is 0 Å². The summed E-state index contributed by atoms with van der Waals surface area (Å²) in [7, 11) is -0.263. The van der Waals surface area contributed by atoms with Gasteiger partial charge < -0.3 is 4.74 Å². The fourth-order valence-corrected chi connectivity index (χ4v) is 3.59. The lowest BCUT2D eigenvalue weighted by Crippen LogP contribution is -2.24. The first-order chi connectivity index (χ1) is 9.85. The summed E-state index contributed by atoms with van der Waals surface area (Å²) >= 11 is 0. The molecule has 6 nitrogen and oxygen atoms in total. The maximum atomic E-state index is 12.4. The van der Waals surface area contributed by atoms with Crippen molar-refractivity contribution in [3.8, 4) is 5.75 Å². The quantitative estimate of drug-likeness (QED) is 0.909. The summed E-state index contributed by atoms with van der Waals surface area (Å²) in [4.78, 5) is 0.249. The first-order valence-electron chi connectivity index (χ1n) is 6.48. The molecule has 1 aromatic carbocycles. The van der Waals surface area contributed by atoms with Crippen LogP contribution in [0.4, 0.5) is 0 Å². The van der Waals surface area contributed by atoms with Crippen LogP contribution in [0.3, 0.4) is 0 Å². The molecule has 114 valence electrons. The Labute approximate surface area is 124 Å². The van der Waals surface area contributed by atoms with Gasteiger partial charge in [-0.15, -0.1) is 0 Å². The van der Waals surface area contributed by atoms with Crippen LogP contribution in [-0.2, 0) is 23.6 Å². The largest absolute Gasteiger partial charge is 0.497 e. The van der Waals surface area contributed by atoms with Gasteiger partial charge in [-0.1, -0.05) is 12.1 Å². The molecule has 0 bridgehead atoms. The molecule has 0 radical (unpaired) electrons. The van der Waals surface area contributed by atoms with Gasteiger partial charge in [-0.2, -0.15) is 5.10 Å². The van der Waals surface area contributed by atoms with E-state index in [1.807, 2.05) is 12.1 Å². The lowest BCUT2D eigenvalue weighted by atomic mass is 10.2. The Hall–Kier alpha value is -1.86. The second-order valence-corrected chi connectivity index (χ2v) is 6.50. The predicted octanol–water partition coefficient (Wildman–Crippen LogP) is 1.52. The summed E-state index contributed by atoms with van der Waals surface area (Å²) in [5, 5.41) is 4.14. The SMILES string of the molecule is COc1ccc(CNS(=O)(=O)c2c(C)nn(C)c2C)cc1. The Kier molecular flexibility index (Phi) is 4.34. The van der Waals surface area contributed by atoms with Crippen molar-refractivity contribution in [1.82, 2.24) is 14.5 Å². The third-order valence-electron chi connectivity index (χ3n) is 3.34. The predicted molar refractivity (Wildman–Crippen MR) is 79.7 cm³/mol. The molecular weight excluding hydrogens is 290 g/mol. The second-order valence-electron chi connectivity index (χ2n) is 4.80. The smallest absolute Gasteiger partial charge is 0.244 e. The van der Waals surface area contributed by atoms with E-state index in [1.165, 1.54) is 0 Å². The molecule has 0 unspecified atom stereocenters. The number of benzene rings is 1. The molecule has 1 aromatic heterocycles. The number of aryl methyl sites for hydroxylation is 2. The van der Waals surface area contributed by atoms with Crippen molar-refractivity contribution in [2.24, 2.45) is 7.05 Å². The summed E-state index contributed by atoms with van der Waals surface area (Å²) in [6.45, 7) is 3.65. The number of rotatable bonds is 5. The van der Waals surface area contributed by atoms with Gasteiger partial charge in [0.05, 0.1) is 18.5 Å². The number of ether oxygens (including phenoxy) is 1. The van der Waals surface area contributed by atoms with E-state index in [-0.39, 0.29) is 11.4 Å². The van der Waals surface area contributed by atoms with Gasteiger partial charge >= 0.3 is 0 Å². The van der Waals surface area contributed by atoms with Crippen molar-refractivity contribution in [3.05, 3.63) is 41.2 Å². The molecule has 0 saturated carbocycles. The van der Waals surface area contributed by atoms with Gasteiger partial charge in [0.1, 0.15) is 10.6 Å². The summed E-state index contributed by atoms with van der Waals surface area (Å²) in [6, 6.07) is 7.24. The molecule has 0 fully saturated rings. The molecule has 0 atom stereocenters. The van der Waals surface area contributed by atoms with E-state index < -0.39 is 10.0 Å². The van der Waals surface area contributed by atoms with Crippen LogP contribution in [0.1, 0.15) is 17.0 Å². The van der Waals surface area contributed by atoms with Crippen molar-refractivity contribution in [2.45, 2.75) is 25.3 Å². The van der Waals surface area contributed by atoms with E-state index in [9.17, 15) is 8.42 Å². The van der Waals surface area contributed by atoms with E-state index in [0.29, 0.717) is 11.4 Å². The molecule has 0 aliphatic heterocycles. The number of nitrogens with one attached hydrogen (secondary N) is 1. The van der Waals surface area contributed by atoms with E-state index in [4.69, 9.17) is 4.74 Å². The van der Waals surface area contributed by atoms with Crippen molar-refractivity contribution >= 4 is 10.0 Å². The molecule has 2 aromatic rings. The summed E-state index contributed by atoms with van der Waals surface area (Å²) in [5.41, 5.74) is 1.98. The molecule has 0 amide bonds. The fraction of sp³-hybridized carbons (Fsp3) is 0.357. The Balaban J connectivity index is 2.17. The zero-order valence-electron chi connectivity index (χ0n) is 12.5. The van der Waals surface area contributed by atoms with Crippen LogP contribution in [0.15, 0.2) is 29.2 Å². The number of nitrogens with zero attached hydrogens (tertiary/aromatic N) is 2. The highest BCUT2D eigenvalue weighted by atomic mass is 32.2. The Morgan fingerprint density at radius 2 is 1.86 bits per heavy atom. The average molecular weight is 309 g/mol. The number of aromatic nitrogens is 2. The Bertz CT molecular complexity index is 734. The highest BCUT2D eigenvalue weighted by Crippen LogP contribution is 2.19. The monoisotopic (exact) mass is 309 g/mol. The minimum atomic E-state index is -3.58. The number of methoxy groups -OCH3 is 1. The highest BCUT2D eigenvalue weighted by Gasteiger charge is 2.23. The molecule has 2 rings (SSSR count). The van der Waals surface area contributed by atoms with Gasteiger partial charge in [0.15, 0.2) is 0 Å². The number of sulfonamides is 1. The maximum absolute atomic E-state index is 12.4. The Morgan fingerprint density at radius 3 is 2.33 bits per heavy atom. The molecule has 1 heterocycles. The van der Waals surface area contributed by atoms with Gasteiger partial charge in [0, 0.05) is 13.6 Å². The average Bonchev–Trinajstić information content (AvgIpc) is 2.71. The molecule has 7 heteroatoms. The Morgan fingerprint density at radius 1 is 1.24 bits per heavy atom.